The molecule has 0 amide bonds. The van der Waals surface area contributed by atoms with Gasteiger partial charge < -0.3 is 64.1 Å². The van der Waals surface area contributed by atoms with Gasteiger partial charge in [-0.15, -0.1) is 0 Å². The van der Waals surface area contributed by atoms with E-state index in [0.29, 0.717) is 5.56 Å². The monoisotopic (exact) mass is 638 g/mol. The lowest BCUT2D eigenvalue weighted by atomic mass is 10.1. The second kappa shape index (κ2) is 16.2. The first kappa shape index (κ1) is 37.6. The van der Waals surface area contributed by atoms with Gasteiger partial charge in [0.25, 0.3) is 5.56 Å². The summed E-state index contributed by atoms with van der Waals surface area (Å²) in [5.74, 6) is 5.47. The van der Waals surface area contributed by atoms with E-state index in [1.165, 1.54) is 0 Å². The highest BCUT2D eigenvalue weighted by Crippen LogP contribution is 2.28. The van der Waals surface area contributed by atoms with Crippen LogP contribution in [0, 0.1) is 11.8 Å². The van der Waals surface area contributed by atoms with Gasteiger partial charge in [-0.25, -0.2) is 18.5 Å². The van der Waals surface area contributed by atoms with Gasteiger partial charge in [-0.3, -0.25) is 14.3 Å². The molecule has 13 N–H and O–H groups in total. The van der Waals surface area contributed by atoms with Crippen LogP contribution in [0.2, 0.25) is 0 Å². The van der Waals surface area contributed by atoms with E-state index in [1.807, 2.05) is 6.07 Å². The van der Waals surface area contributed by atoms with E-state index in [9.17, 15) is 19.8 Å². The number of aliphatic hydroxyl groups excluding tert-OH is 3. The third-order valence-electron chi connectivity index (χ3n) is 3.87. The molecule has 1 aliphatic rings. The van der Waals surface area contributed by atoms with Crippen molar-refractivity contribution >= 4 is 23.5 Å². The first-order valence-electron chi connectivity index (χ1n) is 9.91. The van der Waals surface area contributed by atoms with Gasteiger partial charge in [-0.2, -0.15) is 0 Å². The highest BCUT2D eigenvalue weighted by atomic mass is 31.2. The van der Waals surface area contributed by atoms with Gasteiger partial charge in [0.2, 0.25) is 0 Å². The van der Waals surface area contributed by atoms with Crippen LogP contribution in [0.3, 0.4) is 0 Å². The lowest BCUT2D eigenvalue weighted by Gasteiger charge is -2.17. The first-order chi connectivity index (χ1) is 18.0. The van der Waals surface area contributed by atoms with Gasteiger partial charge in [0.15, 0.2) is 6.23 Å². The Hall–Kier alpha value is -2.37. The number of rotatable bonds is 2. The second-order valence-electron chi connectivity index (χ2n) is 7.09. The summed E-state index contributed by atoms with van der Waals surface area (Å²) in [5.41, 5.74) is -0.796. The highest BCUT2D eigenvalue weighted by molar-refractivity contribution is 7.45. The molecule has 0 unspecified atom stereocenters. The number of hydrogen-bond acceptors (Lipinski definition) is 9. The third kappa shape index (κ3) is 18.1. The van der Waals surface area contributed by atoms with Gasteiger partial charge in [-0.1, -0.05) is 30.0 Å². The molecule has 0 aliphatic carbocycles. The van der Waals surface area contributed by atoms with Gasteiger partial charge in [0.1, 0.15) is 23.9 Å². The van der Waals surface area contributed by atoms with Gasteiger partial charge in [0.05, 0.1) is 6.61 Å². The van der Waals surface area contributed by atoms with Crippen LogP contribution in [0.5, 0.6) is 0 Å². The Balaban J connectivity index is 0.000000836. The molecule has 0 radical (unpaired) electrons. The molecule has 1 aromatic carbocycles. The van der Waals surface area contributed by atoms with Gasteiger partial charge in [0, 0.05) is 11.8 Å². The van der Waals surface area contributed by atoms with Crippen molar-refractivity contribution in [1.29, 1.82) is 0 Å². The predicted molar refractivity (Wildman–Crippen MR) is 130 cm³/mol. The first-order valence-corrected chi connectivity index (χ1v) is 14.6. The molecule has 1 saturated heterocycles. The molecular weight excluding hydrogens is 613 g/mol. The highest BCUT2D eigenvalue weighted by Gasteiger charge is 2.43. The van der Waals surface area contributed by atoms with Gasteiger partial charge in [-0.05, 0) is 12.1 Å². The summed E-state index contributed by atoms with van der Waals surface area (Å²) in [6, 6.07) is 8.97. The number of nitrogens with zero attached hydrogens (tertiary/aromatic N) is 1. The number of phosphoric acid groups is 3. The molecule has 40 heavy (non-hydrogen) atoms. The van der Waals surface area contributed by atoms with E-state index in [0.717, 1.165) is 10.8 Å². The maximum Gasteiger partial charge on any atom is 0.466 e. The summed E-state index contributed by atoms with van der Waals surface area (Å²) in [6.07, 6.45) is -3.90. The van der Waals surface area contributed by atoms with Crippen molar-refractivity contribution in [3.63, 3.8) is 0 Å². The predicted octanol–water partition coefficient (Wildman–Crippen LogP) is -4.24. The van der Waals surface area contributed by atoms with Crippen molar-refractivity contribution in [2.24, 2.45) is 0 Å². The Morgan fingerprint density at radius 3 is 1.65 bits per heavy atom. The van der Waals surface area contributed by atoms with E-state index in [-0.39, 0.29) is 5.56 Å². The molecular formula is C17H25N2O18P3. The zero-order valence-corrected chi connectivity index (χ0v) is 22.3. The fourth-order valence-electron chi connectivity index (χ4n) is 2.53. The average Bonchev–Trinajstić information content (AvgIpc) is 3.04. The molecule has 3 rings (SSSR count). The number of ether oxygens (including phenoxy) is 1. The van der Waals surface area contributed by atoms with Crippen molar-refractivity contribution in [2.45, 2.75) is 24.5 Å². The van der Waals surface area contributed by atoms with Crippen molar-refractivity contribution in [1.82, 2.24) is 9.55 Å². The number of benzene rings is 1. The van der Waals surface area contributed by atoms with Crippen LogP contribution >= 0.6 is 23.5 Å². The summed E-state index contributed by atoms with van der Waals surface area (Å²) < 4.78 is 32.9. The normalized spacial score (nSPS) is 20.3. The minimum atomic E-state index is -4.64. The largest absolute Gasteiger partial charge is 0.466 e. The van der Waals surface area contributed by atoms with Crippen LogP contribution in [0.25, 0.3) is 0 Å². The molecule has 1 aliphatic heterocycles. The topological polar surface area (TPSA) is 358 Å². The Labute approximate surface area is 222 Å². The zero-order chi connectivity index (χ0) is 31.5. The van der Waals surface area contributed by atoms with Crippen LogP contribution in [0.15, 0.2) is 46.1 Å². The van der Waals surface area contributed by atoms with E-state index < -0.39 is 65.9 Å². The minimum Gasteiger partial charge on any atom is -0.394 e. The van der Waals surface area contributed by atoms with Crippen LogP contribution in [-0.2, 0) is 18.4 Å². The van der Waals surface area contributed by atoms with Crippen LogP contribution in [0.4, 0.5) is 0 Å². The zero-order valence-electron chi connectivity index (χ0n) is 19.6. The lowest BCUT2D eigenvalue weighted by Crippen LogP contribution is -2.38. The molecule has 20 nitrogen and oxygen atoms in total. The number of hydrogen-bond donors (Lipinski definition) is 13. The van der Waals surface area contributed by atoms with Crippen LogP contribution < -0.4 is 11.2 Å². The molecule has 0 spiro atoms. The molecule has 23 heteroatoms. The Bertz CT molecular complexity index is 1330. The van der Waals surface area contributed by atoms with E-state index in [1.54, 1.807) is 24.3 Å². The molecule has 226 valence electrons. The Kier molecular flexibility index (Phi) is 15.2. The number of H-pyrrole nitrogens is 1. The summed E-state index contributed by atoms with van der Waals surface area (Å²) in [4.78, 5) is 90.7. The van der Waals surface area contributed by atoms with Crippen molar-refractivity contribution in [3.8, 4) is 11.8 Å². The van der Waals surface area contributed by atoms with Crippen molar-refractivity contribution in [3.05, 3.63) is 68.5 Å². The molecule has 4 atom stereocenters. The van der Waals surface area contributed by atoms with Gasteiger partial charge >= 0.3 is 29.2 Å². The molecule has 2 heterocycles. The molecule has 0 bridgehead atoms. The standard InChI is InChI=1S/C17H16N2O6.3H3O4P/c20-9-12-13(21)14(22)16(25-12)19-8-11(15(23)18-17(19)24)7-6-10-4-2-1-3-5-10;3*1-5(2,3)4/h1-5,8,12-14,16,20-22H,9H2,(H,18,23,24);3*(H3,1,2,3,4)/t12-,13-,14-,16-;;;/m1.../s1. The fourth-order valence-corrected chi connectivity index (χ4v) is 2.53. The summed E-state index contributed by atoms with van der Waals surface area (Å²) in [6.45, 7) is -0.520. The lowest BCUT2D eigenvalue weighted by molar-refractivity contribution is -0.0550. The summed E-state index contributed by atoms with van der Waals surface area (Å²) in [5, 5.41) is 29.0. The van der Waals surface area contributed by atoms with E-state index in [2.05, 4.69) is 16.8 Å². The molecule has 1 aromatic heterocycles. The summed E-state index contributed by atoms with van der Waals surface area (Å²) >= 11 is 0. The van der Waals surface area contributed by atoms with Crippen molar-refractivity contribution < 1.29 is 77.8 Å². The molecule has 0 saturated carbocycles. The van der Waals surface area contributed by atoms with E-state index >= 15 is 0 Å². The van der Waals surface area contributed by atoms with Crippen LogP contribution in [-0.4, -0.2) is 93.8 Å². The fraction of sp³-hybridized carbons (Fsp3) is 0.294. The molecule has 1 fully saturated rings. The Morgan fingerprint density at radius 1 is 0.800 bits per heavy atom. The maximum atomic E-state index is 12.0. The van der Waals surface area contributed by atoms with Crippen molar-refractivity contribution in [2.75, 3.05) is 6.61 Å². The minimum absolute atomic E-state index is 0.00110. The number of aromatic amines is 1. The second-order valence-corrected chi connectivity index (χ2v) is 10.2. The van der Waals surface area contributed by atoms with Crippen LogP contribution in [0.1, 0.15) is 17.4 Å². The maximum absolute atomic E-state index is 12.0. The SMILES string of the molecule is O=P(O)(O)O.O=P(O)(O)O.O=P(O)(O)O.O=c1[nH]c(=O)n([C@@H]2O[C@H](CO)[C@@H](O)[C@H]2O)cc1C#Cc1ccccc1. The summed E-state index contributed by atoms with van der Waals surface area (Å²) in [7, 11) is -13.9. The number of aliphatic hydroxyl groups is 3. The quantitative estimate of drug-likeness (QED) is 0.109. The van der Waals surface area contributed by atoms with E-state index in [4.69, 9.17) is 67.6 Å². The Morgan fingerprint density at radius 2 is 1.25 bits per heavy atom. The molecule has 2 aromatic rings. The average molecular weight is 638 g/mol. The number of aromatic nitrogens is 2. The number of nitrogens with one attached hydrogen (secondary N) is 1. The third-order valence-corrected chi connectivity index (χ3v) is 3.87. The smallest absolute Gasteiger partial charge is 0.394 e.